The van der Waals surface area contributed by atoms with Gasteiger partial charge in [-0.05, 0) is 25.1 Å². The Bertz CT molecular complexity index is 565. The van der Waals surface area contributed by atoms with E-state index in [-0.39, 0.29) is 22.8 Å². The summed E-state index contributed by atoms with van der Waals surface area (Å²) in [5, 5.41) is 0. The molecule has 0 amide bonds. The summed E-state index contributed by atoms with van der Waals surface area (Å²) in [4.78, 5) is 11.6. The molecule has 0 N–H and O–H groups in total. The number of carbonyl (C=O) groups excluding carboxylic acids is 1. The van der Waals surface area contributed by atoms with Crippen molar-refractivity contribution in [2.45, 2.75) is 11.8 Å². The van der Waals surface area contributed by atoms with Crippen molar-refractivity contribution in [2.24, 2.45) is 0 Å². The minimum atomic E-state index is -3.69. The molecule has 1 aromatic rings. The van der Waals surface area contributed by atoms with Crippen molar-refractivity contribution in [3.05, 3.63) is 23.8 Å². The Labute approximate surface area is 113 Å². The second-order valence-electron chi connectivity index (χ2n) is 3.87. The quantitative estimate of drug-likeness (QED) is 0.759. The third-order valence-corrected chi connectivity index (χ3v) is 4.27. The zero-order valence-electron chi connectivity index (χ0n) is 11.3. The number of hydrogen-bond donors (Lipinski definition) is 0. The van der Waals surface area contributed by atoms with Crippen LogP contribution in [0.25, 0.3) is 0 Å². The fourth-order valence-electron chi connectivity index (χ4n) is 1.42. The van der Waals surface area contributed by atoms with Gasteiger partial charge >= 0.3 is 5.97 Å². The maximum atomic E-state index is 12.1. The van der Waals surface area contributed by atoms with Gasteiger partial charge in [0.25, 0.3) is 0 Å². The van der Waals surface area contributed by atoms with Crippen molar-refractivity contribution in [1.82, 2.24) is 4.31 Å². The summed E-state index contributed by atoms with van der Waals surface area (Å²) in [7, 11) is 0.496. The zero-order chi connectivity index (χ0) is 14.6. The highest BCUT2D eigenvalue weighted by Crippen LogP contribution is 2.27. The molecule has 0 aromatic heterocycles. The van der Waals surface area contributed by atoms with Gasteiger partial charge in [-0.3, -0.25) is 0 Å². The molecule has 0 unspecified atom stereocenters. The van der Waals surface area contributed by atoms with Crippen molar-refractivity contribution >= 4 is 16.0 Å². The van der Waals surface area contributed by atoms with Crippen molar-refractivity contribution < 1.29 is 22.7 Å². The highest BCUT2D eigenvalue weighted by molar-refractivity contribution is 7.89. The van der Waals surface area contributed by atoms with Gasteiger partial charge < -0.3 is 9.47 Å². The highest BCUT2D eigenvalue weighted by Gasteiger charge is 2.24. The Kier molecular flexibility index (Phi) is 4.90. The van der Waals surface area contributed by atoms with E-state index in [2.05, 4.69) is 0 Å². The van der Waals surface area contributed by atoms with E-state index < -0.39 is 16.0 Å². The van der Waals surface area contributed by atoms with Crippen LogP contribution in [-0.4, -0.2) is 46.5 Å². The summed E-state index contributed by atoms with van der Waals surface area (Å²) in [5.74, 6) is -0.387. The molecule has 19 heavy (non-hydrogen) atoms. The fourth-order valence-corrected chi connectivity index (χ4v) is 2.49. The Morgan fingerprint density at radius 2 is 1.95 bits per heavy atom. The molecule has 0 saturated carbocycles. The van der Waals surface area contributed by atoms with Gasteiger partial charge in [-0.1, -0.05) is 0 Å². The number of hydrogen-bond acceptors (Lipinski definition) is 5. The minimum Gasteiger partial charge on any atom is -0.495 e. The van der Waals surface area contributed by atoms with Crippen LogP contribution in [0, 0.1) is 0 Å². The monoisotopic (exact) mass is 287 g/mol. The van der Waals surface area contributed by atoms with Crippen molar-refractivity contribution in [3.8, 4) is 5.75 Å². The summed E-state index contributed by atoms with van der Waals surface area (Å²) < 4.78 is 35.2. The molecule has 0 atom stereocenters. The van der Waals surface area contributed by atoms with Crippen molar-refractivity contribution in [1.29, 1.82) is 0 Å². The molecule has 0 spiro atoms. The molecule has 0 bridgehead atoms. The number of benzene rings is 1. The van der Waals surface area contributed by atoms with E-state index in [4.69, 9.17) is 9.47 Å². The summed E-state index contributed by atoms with van der Waals surface area (Å²) in [6.45, 7) is 1.90. The third-order valence-electron chi connectivity index (χ3n) is 2.43. The van der Waals surface area contributed by atoms with Gasteiger partial charge in [0.05, 0.1) is 19.3 Å². The number of methoxy groups -OCH3 is 1. The van der Waals surface area contributed by atoms with Crippen LogP contribution in [0.1, 0.15) is 17.3 Å². The van der Waals surface area contributed by atoms with Crippen LogP contribution in [0.15, 0.2) is 23.1 Å². The van der Waals surface area contributed by atoms with Crippen LogP contribution in [0.3, 0.4) is 0 Å². The lowest BCUT2D eigenvalue weighted by Gasteiger charge is -2.15. The molecule has 0 aliphatic heterocycles. The Hall–Kier alpha value is -1.60. The molecule has 0 heterocycles. The van der Waals surface area contributed by atoms with E-state index in [9.17, 15) is 13.2 Å². The smallest absolute Gasteiger partial charge is 0.338 e. The summed E-state index contributed by atoms with van der Waals surface area (Å²) in [5.41, 5.74) is 0.170. The maximum absolute atomic E-state index is 12.1. The van der Waals surface area contributed by atoms with Gasteiger partial charge in [0.1, 0.15) is 10.6 Å². The predicted molar refractivity (Wildman–Crippen MR) is 69.8 cm³/mol. The number of esters is 1. The number of rotatable bonds is 5. The van der Waals surface area contributed by atoms with E-state index in [0.29, 0.717) is 0 Å². The van der Waals surface area contributed by atoms with E-state index in [1.165, 1.54) is 39.4 Å². The van der Waals surface area contributed by atoms with E-state index in [0.717, 1.165) is 4.31 Å². The van der Waals surface area contributed by atoms with Gasteiger partial charge in [-0.15, -0.1) is 0 Å². The molecule has 0 radical (unpaired) electrons. The van der Waals surface area contributed by atoms with Gasteiger partial charge in [0, 0.05) is 14.1 Å². The molecule has 7 heteroatoms. The number of sulfonamides is 1. The topological polar surface area (TPSA) is 72.9 Å². The summed E-state index contributed by atoms with van der Waals surface area (Å²) >= 11 is 0. The SMILES string of the molecule is CCOC(=O)c1ccc(OC)c(S(=O)(=O)N(C)C)c1. The first-order chi connectivity index (χ1) is 8.84. The first-order valence-electron chi connectivity index (χ1n) is 5.62. The Balaban J connectivity index is 3.37. The predicted octanol–water partition coefficient (Wildman–Crippen LogP) is 1.12. The molecular formula is C12H17NO5S. The summed E-state index contributed by atoms with van der Waals surface area (Å²) in [6, 6.07) is 4.15. The molecule has 0 aliphatic rings. The second-order valence-corrected chi connectivity index (χ2v) is 5.99. The van der Waals surface area contributed by atoms with Crippen LogP contribution in [-0.2, 0) is 14.8 Å². The standard InChI is InChI=1S/C12H17NO5S/c1-5-18-12(14)9-6-7-10(17-4)11(8-9)19(15,16)13(2)3/h6-8H,5H2,1-4H3. The Morgan fingerprint density at radius 3 is 2.42 bits per heavy atom. The lowest BCUT2D eigenvalue weighted by molar-refractivity contribution is 0.0526. The van der Waals surface area contributed by atoms with Crippen molar-refractivity contribution in [2.75, 3.05) is 27.8 Å². The maximum Gasteiger partial charge on any atom is 0.338 e. The zero-order valence-corrected chi connectivity index (χ0v) is 12.2. The number of nitrogens with zero attached hydrogens (tertiary/aromatic N) is 1. The first-order valence-corrected chi connectivity index (χ1v) is 7.06. The molecule has 0 fully saturated rings. The third kappa shape index (κ3) is 3.24. The van der Waals surface area contributed by atoms with Crippen LogP contribution >= 0.6 is 0 Å². The average molecular weight is 287 g/mol. The largest absolute Gasteiger partial charge is 0.495 e. The van der Waals surface area contributed by atoms with Crippen LogP contribution in [0.4, 0.5) is 0 Å². The van der Waals surface area contributed by atoms with Crippen LogP contribution in [0.2, 0.25) is 0 Å². The van der Waals surface area contributed by atoms with Gasteiger partial charge in [-0.25, -0.2) is 17.5 Å². The average Bonchev–Trinajstić information content (AvgIpc) is 2.38. The lowest BCUT2D eigenvalue weighted by Crippen LogP contribution is -2.23. The fraction of sp³-hybridized carbons (Fsp3) is 0.417. The van der Waals surface area contributed by atoms with Gasteiger partial charge in [-0.2, -0.15) is 0 Å². The molecule has 0 aliphatic carbocycles. The van der Waals surface area contributed by atoms with Gasteiger partial charge in [0.15, 0.2) is 0 Å². The molecule has 0 saturated heterocycles. The normalized spacial score (nSPS) is 11.4. The highest BCUT2D eigenvalue weighted by atomic mass is 32.2. The van der Waals surface area contributed by atoms with E-state index in [1.54, 1.807) is 6.92 Å². The number of ether oxygens (including phenoxy) is 2. The van der Waals surface area contributed by atoms with E-state index >= 15 is 0 Å². The molecule has 6 nitrogen and oxygen atoms in total. The van der Waals surface area contributed by atoms with Crippen LogP contribution < -0.4 is 4.74 Å². The van der Waals surface area contributed by atoms with Gasteiger partial charge in [0.2, 0.25) is 10.0 Å². The van der Waals surface area contributed by atoms with Crippen molar-refractivity contribution in [3.63, 3.8) is 0 Å². The lowest BCUT2D eigenvalue weighted by atomic mass is 10.2. The minimum absolute atomic E-state index is 0.0643. The first kappa shape index (κ1) is 15.5. The van der Waals surface area contributed by atoms with E-state index in [1.807, 2.05) is 0 Å². The molecule has 1 aromatic carbocycles. The molecule has 1 rings (SSSR count). The Morgan fingerprint density at radius 1 is 1.32 bits per heavy atom. The molecule has 106 valence electrons. The summed E-state index contributed by atoms with van der Waals surface area (Å²) in [6.07, 6.45) is 0. The number of carbonyl (C=O) groups is 1. The second kappa shape index (κ2) is 6.03. The van der Waals surface area contributed by atoms with Crippen LogP contribution in [0.5, 0.6) is 5.75 Å². The molecular weight excluding hydrogens is 270 g/mol.